The van der Waals surface area contributed by atoms with Gasteiger partial charge in [0.25, 0.3) is 0 Å². The number of aromatic nitrogens is 1. The van der Waals surface area contributed by atoms with Gasteiger partial charge >= 0.3 is 6.09 Å². The Balaban J connectivity index is 1.71. The molecule has 0 spiro atoms. The number of carbonyl (C=O) groups excluding carboxylic acids is 1. The van der Waals surface area contributed by atoms with Crippen molar-refractivity contribution in [1.82, 2.24) is 9.88 Å². The number of ether oxygens (including phenoxy) is 1. The first-order chi connectivity index (χ1) is 10.3. The first kappa shape index (κ1) is 14.9. The Bertz CT molecular complexity index is 538. The fourth-order valence-electron chi connectivity index (χ4n) is 3.29. The molecule has 2 unspecified atom stereocenters. The van der Waals surface area contributed by atoms with Gasteiger partial charge in [0.05, 0.1) is 24.0 Å². The first-order valence-electron chi connectivity index (χ1n) is 7.81. The Kier molecular flexibility index (Phi) is 3.62. The van der Waals surface area contributed by atoms with E-state index in [0.29, 0.717) is 5.69 Å². The molecule has 2 N–H and O–H groups in total. The zero-order chi connectivity index (χ0) is 15.9. The number of piperazine rings is 1. The molecular formula is C16H24N4O2. The molecule has 2 fully saturated rings. The van der Waals surface area contributed by atoms with Crippen LogP contribution in [-0.2, 0) is 4.74 Å². The summed E-state index contributed by atoms with van der Waals surface area (Å²) in [6.45, 7) is 7.31. The van der Waals surface area contributed by atoms with Crippen molar-refractivity contribution >= 4 is 17.6 Å². The van der Waals surface area contributed by atoms with E-state index in [1.807, 2.05) is 37.8 Å². The molecule has 1 aromatic rings. The lowest BCUT2D eigenvalue weighted by molar-refractivity contribution is 0.0123. The highest BCUT2D eigenvalue weighted by atomic mass is 16.6. The second kappa shape index (κ2) is 5.34. The second-order valence-corrected chi connectivity index (χ2v) is 7.13. The van der Waals surface area contributed by atoms with Crippen LogP contribution in [0.15, 0.2) is 18.3 Å². The molecule has 0 aliphatic carbocycles. The number of nitrogens with two attached hydrogens (primary N) is 1. The van der Waals surface area contributed by atoms with Crippen LogP contribution in [0.25, 0.3) is 0 Å². The van der Waals surface area contributed by atoms with E-state index in [9.17, 15) is 4.79 Å². The quantitative estimate of drug-likeness (QED) is 0.861. The minimum atomic E-state index is -0.452. The fraction of sp³-hybridized carbons (Fsp3) is 0.625. The predicted molar refractivity (Wildman–Crippen MR) is 85.7 cm³/mol. The molecule has 2 aliphatic heterocycles. The number of pyridine rings is 1. The summed E-state index contributed by atoms with van der Waals surface area (Å²) in [4.78, 5) is 21.0. The zero-order valence-electron chi connectivity index (χ0n) is 13.5. The molecule has 6 heteroatoms. The molecule has 0 aromatic carbocycles. The molecule has 0 saturated carbocycles. The lowest BCUT2D eigenvalue weighted by atomic mass is 10.2. The van der Waals surface area contributed by atoms with Gasteiger partial charge in [-0.25, -0.2) is 9.78 Å². The fourth-order valence-corrected chi connectivity index (χ4v) is 3.29. The van der Waals surface area contributed by atoms with Crippen LogP contribution >= 0.6 is 0 Å². The number of amides is 1. The van der Waals surface area contributed by atoms with E-state index in [2.05, 4.69) is 9.88 Å². The number of nitrogen functional groups attached to an aromatic ring is 1. The minimum absolute atomic E-state index is 0.190. The highest BCUT2D eigenvalue weighted by molar-refractivity contribution is 5.70. The van der Waals surface area contributed by atoms with Gasteiger partial charge in [0.1, 0.15) is 11.4 Å². The molecule has 6 nitrogen and oxygen atoms in total. The number of anilines is 2. The molecule has 2 bridgehead atoms. The SMILES string of the molecule is CC(C)(C)OC(=O)N1C2CCC1CN(c1ccc(N)cn1)C2. The average molecular weight is 304 g/mol. The molecule has 3 heterocycles. The van der Waals surface area contributed by atoms with Gasteiger partial charge in [0.2, 0.25) is 0 Å². The highest BCUT2D eigenvalue weighted by Gasteiger charge is 2.44. The average Bonchev–Trinajstić information content (AvgIpc) is 2.69. The maximum Gasteiger partial charge on any atom is 0.410 e. The van der Waals surface area contributed by atoms with Crippen molar-refractivity contribution in [1.29, 1.82) is 0 Å². The minimum Gasteiger partial charge on any atom is -0.444 e. The number of carbonyl (C=O) groups is 1. The van der Waals surface area contributed by atoms with Crippen molar-refractivity contribution in [2.75, 3.05) is 23.7 Å². The molecule has 22 heavy (non-hydrogen) atoms. The second-order valence-electron chi connectivity index (χ2n) is 7.13. The summed E-state index contributed by atoms with van der Waals surface area (Å²) in [6.07, 6.45) is 3.53. The van der Waals surface area contributed by atoms with E-state index in [-0.39, 0.29) is 18.2 Å². The van der Waals surface area contributed by atoms with Crippen LogP contribution in [0.5, 0.6) is 0 Å². The van der Waals surface area contributed by atoms with E-state index in [1.54, 1.807) is 6.20 Å². The van der Waals surface area contributed by atoms with Gasteiger partial charge in [-0.1, -0.05) is 0 Å². The van der Waals surface area contributed by atoms with Crippen LogP contribution in [0.2, 0.25) is 0 Å². The van der Waals surface area contributed by atoms with Gasteiger partial charge in [0, 0.05) is 13.1 Å². The van der Waals surface area contributed by atoms with Gasteiger partial charge in [-0.2, -0.15) is 0 Å². The number of nitrogens with zero attached hydrogens (tertiary/aromatic N) is 3. The van der Waals surface area contributed by atoms with Crippen molar-refractivity contribution in [2.45, 2.75) is 51.3 Å². The Morgan fingerprint density at radius 2 is 1.91 bits per heavy atom. The van der Waals surface area contributed by atoms with Crippen molar-refractivity contribution in [2.24, 2.45) is 0 Å². The van der Waals surface area contributed by atoms with E-state index in [0.717, 1.165) is 31.7 Å². The molecule has 1 aromatic heterocycles. The lowest BCUT2D eigenvalue weighted by Gasteiger charge is -2.41. The standard InChI is InChI=1S/C16H24N4O2/c1-16(2,3)22-15(21)20-12-5-6-13(20)10-19(9-12)14-7-4-11(17)8-18-14/h4,7-8,12-13H,5-6,9-10,17H2,1-3H3. The van der Waals surface area contributed by atoms with Gasteiger partial charge in [-0.3, -0.25) is 4.90 Å². The van der Waals surface area contributed by atoms with Crippen molar-refractivity contribution < 1.29 is 9.53 Å². The molecule has 120 valence electrons. The van der Waals surface area contributed by atoms with Crippen LogP contribution < -0.4 is 10.6 Å². The maximum atomic E-state index is 12.4. The zero-order valence-corrected chi connectivity index (χ0v) is 13.5. The smallest absolute Gasteiger partial charge is 0.410 e. The Labute approximate surface area is 131 Å². The number of hydrogen-bond acceptors (Lipinski definition) is 5. The van der Waals surface area contributed by atoms with Crippen LogP contribution in [0, 0.1) is 0 Å². The van der Waals surface area contributed by atoms with Crippen LogP contribution in [0.4, 0.5) is 16.3 Å². The molecule has 3 rings (SSSR count). The third-order valence-electron chi connectivity index (χ3n) is 4.18. The summed E-state index contributed by atoms with van der Waals surface area (Å²) in [5, 5.41) is 0. The van der Waals surface area contributed by atoms with Crippen LogP contribution in [-0.4, -0.2) is 46.8 Å². The highest BCUT2D eigenvalue weighted by Crippen LogP contribution is 2.33. The molecule has 2 atom stereocenters. The molecule has 2 aliphatic rings. The Morgan fingerprint density at radius 3 is 2.41 bits per heavy atom. The van der Waals surface area contributed by atoms with Crippen LogP contribution in [0.1, 0.15) is 33.6 Å². The third-order valence-corrected chi connectivity index (χ3v) is 4.18. The number of rotatable bonds is 1. The maximum absolute atomic E-state index is 12.4. The largest absolute Gasteiger partial charge is 0.444 e. The van der Waals surface area contributed by atoms with Gasteiger partial charge in [0.15, 0.2) is 0 Å². The summed E-state index contributed by atoms with van der Waals surface area (Å²) in [5.74, 6) is 0.926. The normalized spacial score (nSPS) is 24.5. The first-order valence-corrected chi connectivity index (χ1v) is 7.81. The van der Waals surface area contributed by atoms with Gasteiger partial charge < -0.3 is 15.4 Å². The lowest BCUT2D eigenvalue weighted by Crippen LogP contribution is -2.57. The van der Waals surface area contributed by atoms with Crippen molar-refractivity contribution in [3.05, 3.63) is 18.3 Å². The summed E-state index contributed by atoms with van der Waals surface area (Å²) < 4.78 is 5.55. The van der Waals surface area contributed by atoms with E-state index < -0.39 is 5.60 Å². The number of hydrogen-bond donors (Lipinski definition) is 1. The summed E-state index contributed by atoms with van der Waals surface area (Å²) >= 11 is 0. The summed E-state index contributed by atoms with van der Waals surface area (Å²) in [5.41, 5.74) is 5.91. The molecule has 1 amide bonds. The van der Waals surface area contributed by atoms with Crippen molar-refractivity contribution in [3.8, 4) is 0 Å². The topological polar surface area (TPSA) is 71.7 Å². The van der Waals surface area contributed by atoms with Gasteiger partial charge in [-0.15, -0.1) is 0 Å². The molecule has 0 radical (unpaired) electrons. The Hall–Kier alpha value is -1.98. The Morgan fingerprint density at radius 1 is 1.27 bits per heavy atom. The van der Waals surface area contributed by atoms with Crippen molar-refractivity contribution in [3.63, 3.8) is 0 Å². The van der Waals surface area contributed by atoms with E-state index in [4.69, 9.17) is 10.5 Å². The summed E-state index contributed by atoms with van der Waals surface area (Å²) in [7, 11) is 0. The van der Waals surface area contributed by atoms with E-state index >= 15 is 0 Å². The summed E-state index contributed by atoms with van der Waals surface area (Å²) in [6, 6.07) is 4.21. The monoisotopic (exact) mass is 304 g/mol. The van der Waals surface area contributed by atoms with E-state index in [1.165, 1.54) is 0 Å². The number of fused-ring (bicyclic) bond motifs is 2. The molecular weight excluding hydrogens is 280 g/mol. The van der Waals surface area contributed by atoms with Gasteiger partial charge in [-0.05, 0) is 45.7 Å². The predicted octanol–water partition coefficient (Wildman–Crippen LogP) is 2.25. The molecule has 2 saturated heterocycles. The van der Waals surface area contributed by atoms with Crippen LogP contribution in [0.3, 0.4) is 0 Å². The third kappa shape index (κ3) is 2.96.